The molecule has 0 aromatic heterocycles. The molecule has 2 atom stereocenters. The molecule has 0 fully saturated rings. The van der Waals surface area contributed by atoms with E-state index in [9.17, 15) is 0 Å². The highest BCUT2D eigenvalue weighted by Gasteiger charge is 2.50. The lowest BCUT2D eigenvalue weighted by atomic mass is 9.79. The van der Waals surface area contributed by atoms with E-state index in [0.29, 0.717) is 0 Å². The Bertz CT molecular complexity index is 1280. The molecule has 2 nitrogen and oxygen atoms in total. The maximum absolute atomic E-state index is 7.44. The van der Waals surface area contributed by atoms with Gasteiger partial charge in [-0.25, -0.2) is 0 Å². The van der Waals surface area contributed by atoms with E-state index in [4.69, 9.17) is 8.85 Å². The maximum Gasteiger partial charge on any atom is 0.468 e. The van der Waals surface area contributed by atoms with E-state index in [1.807, 2.05) is 48.5 Å². The van der Waals surface area contributed by atoms with Crippen LogP contribution in [-0.2, 0) is 4.43 Å². The molecule has 0 amide bonds. The van der Waals surface area contributed by atoms with Crippen LogP contribution < -0.4 is 14.8 Å². The van der Waals surface area contributed by atoms with E-state index in [2.05, 4.69) is 98.4 Å². The summed E-state index contributed by atoms with van der Waals surface area (Å²) in [7, 11) is -3.18. The molecule has 0 saturated carbocycles. The van der Waals surface area contributed by atoms with Crippen molar-refractivity contribution < 1.29 is 8.85 Å². The predicted octanol–water partition coefficient (Wildman–Crippen LogP) is 7.17. The van der Waals surface area contributed by atoms with Crippen LogP contribution in [0.2, 0.25) is 0 Å². The standard InChI is InChI=1S/C34H34O2Si/c1-3-16-33(34(2)26-25-29(27-34)28-17-8-4-9-18-28)36-37(31-21-12-6-13-22-31,32-23-14-7-15-24-32)35-30-19-10-5-11-20-30/h3-15,17-25,33H,1,16,26-27H2,2H3. The number of allylic oxidation sites excluding steroid dienone is 2. The van der Waals surface area contributed by atoms with Gasteiger partial charge in [0.1, 0.15) is 5.75 Å². The van der Waals surface area contributed by atoms with Gasteiger partial charge in [0.05, 0.1) is 6.10 Å². The monoisotopic (exact) mass is 502 g/mol. The molecule has 186 valence electrons. The van der Waals surface area contributed by atoms with E-state index >= 15 is 0 Å². The molecule has 4 aromatic rings. The molecule has 0 spiro atoms. The predicted molar refractivity (Wildman–Crippen MR) is 156 cm³/mol. The fourth-order valence-electron chi connectivity index (χ4n) is 5.29. The first-order valence-corrected chi connectivity index (χ1v) is 14.8. The second kappa shape index (κ2) is 11.2. The van der Waals surface area contributed by atoms with Crippen molar-refractivity contribution in [3.05, 3.63) is 146 Å². The molecule has 2 unspecified atom stereocenters. The summed E-state index contributed by atoms with van der Waals surface area (Å²) in [5.74, 6) is 0.818. The molecule has 0 saturated heterocycles. The second-order valence-corrected chi connectivity index (χ2v) is 12.9. The van der Waals surface area contributed by atoms with Gasteiger partial charge in [0.15, 0.2) is 0 Å². The summed E-state index contributed by atoms with van der Waals surface area (Å²) in [4.78, 5) is 0. The SMILES string of the molecule is C=CCC(O[Si](Oc1ccccc1)(c1ccccc1)c1ccccc1)C1(C)CC=C(c2ccccc2)C1. The van der Waals surface area contributed by atoms with E-state index in [0.717, 1.165) is 35.4 Å². The lowest BCUT2D eigenvalue weighted by molar-refractivity contribution is 0.0528. The summed E-state index contributed by atoms with van der Waals surface area (Å²) in [6, 6.07) is 41.8. The third-order valence-electron chi connectivity index (χ3n) is 7.33. The zero-order valence-electron chi connectivity index (χ0n) is 21.4. The number of hydrogen-bond acceptors (Lipinski definition) is 2. The lowest BCUT2D eigenvalue weighted by Gasteiger charge is -2.41. The Morgan fingerprint density at radius 3 is 1.84 bits per heavy atom. The maximum atomic E-state index is 7.44. The average molecular weight is 503 g/mol. The van der Waals surface area contributed by atoms with Crippen LogP contribution >= 0.6 is 0 Å². The van der Waals surface area contributed by atoms with Crippen LogP contribution in [0.25, 0.3) is 5.57 Å². The Kier molecular flexibility index (Phi) is 7.54. The van der Waals surface area contributed by atoms with Gasteiger partial charge < -0.3 is 8.85 Å². The van der Waals surface area contributed by atoms with Crippen LogP contribution in [0.3, 0.4) is 0 Å². The molecular formula is C34H34O2Si. The molecule has 0 N–H and O–H groups in total. The molecule has 0 heterocycles. The molecule has 5 rings (SSSR count). The van der Waals surface area contributed by atoms with E-state index in [1.54, 1.807) is 0 Å². The largest absolute Gasteiger partial charge is 0.514 e. The van der Waals surface area contributed by atoms with Gasteiger partial charge in [-0.1, -0.05) is 128 Å². The summed E-state index contributed by atoms with van der Waals surface area (Å²) in [6.45, 7) is 6.47. The number of hydrogen-bond donors (Lipinski definition) is 0. The Hall–Kier alpha value is -3.66. The van der Waals surface area contributed by atoms with Crippen molar-refractivity contribution in [3.63, 3.8) is 0 Å². The summed E-state index contributed by atoms with van der Waals surface area (Å²) >= 11 is 0. The van der Waals surface area contributed by atoms with Crippen LogP contribution in [0.1, 0.15) is 31.7 Å². The van der Waals surface area contributed by atoms with Gasteiger partial charge in [-0.2, -0.15) is 0 Å². The highest BCUT2D eigenvalue weighted by atomic mass is 28.4. The Morgan fingerprint density at radius 2 is 1.30 bits per heavy atom. The number of rotatable bonds is 10. The van der Waals surface area contributed by atoms with Crippen molar-refractivity contribution >= 4 is 24.5 Å². The van der Waals surface area contributed by atoms with Crippen molar-refractivity contribution in [2.45, 2.75) is 32.3 Å². The second-order valence-electron chi connectivity index (χ2n) is 10.0. The fourth-order valence-corrected chi connectivity index (χ4v) is 8.70. The molecule has 0 radical (unpaired) electrons. The molecule has 0 aliphatic heterocycles. The Balaban J connectivity index is 1.58. The first kappa shape index (κ1) is 25.0. The lowest BCUT2D eigenvalue weighted by Crippen LogP contribution is -2.68. The molecule has 0 bridgehead atoms. The van der Waals surface area contributed by atoms with Gasteiger partial charge in [0.2, 0.25) is 0 Å². The quantitative estimate of drug-likeness (QED) is 0.169. The van der Waals surface area contributed by atoms with Gasteiger partial charge in [0, 0.05) is 15.8 Å². The fraction of sp³-hybridized carbons (Fsp3) is 0.176. The summed E-state index contributed by atoms with van der Waals surface area (Å²) < 4.78 is 14.5. The molecule has 1 aliphatic rings. The molecular weight excluding hydrogens is 468 g/mol. The number of benzene rings is 4. The minimum atomic E-state index is -3.18. The third kappa shape index (κ3) is 5.39. The Labute approximate surface area is 222 Å². The highest BCUT2D eigenvalue weighted by molar-refractivity contribution is 6.93. The van der Waals surface area contributed by atoms with Crippen LogP contribution in [0.15, 0.2) is 140 Å². The zero-order chi connectivity index (χ0) is 25.6. The van der Waals surface area contributed by atoms with Gasteiger partial charge in [-0.15, -0.1) is 6.58 Å². The van der Waals surface area contributed by atoms with Crippen molar-refractivity contribution in [1.82, 2.24) is 0 Å². The van der Waals surface area contributed by atoms with Crippen molar-refractivity contribution in [3.8, 4) is 5.75 Å². The van der Waals surface area contributed by atoms with Crippen molar-refractivity contribution in [2.75, 3.05) is 0 Å². The van der Waals surface area contributed by atoms with E-state index in [-0.39, 0.29) is 11.5 Å². The van der Waals surface area contributed by atoms with Crippen LogP contribution in [0.4, 0.5) is 0 Å². The normalized spacial score (nSPS) is 18.1. The summed E-state index contributed by atoms with van der Waals surface area (Å²) in [6.07, 6.45) is 6.97. The van der Waals surface area contributed by atoms with E-state index < -0.39 is 8.56 Å². The topological polar surface area (TPSA) is 18.5 Å². The highest BCUT2D eigenvalue weighted by Crippen LogP contribution is 2.46. The van der Waals surface area contributed by atoms with Gasteiger partial charge in [-0.3, -0.25) is 0 Å². The summed E-state index contributed by atoms with van der Waals surface area (Å²) in [5, 5.41) is 2.19. The smallest absolute Gasteiger partial charge is 0.468 e. The minimum Gasteiger partial charge on any atom is -0.514 e. The van der Waals surface area contributed by atoms with Crippen LogP contribution in [0, 0.1) is 5.41 Å². The van der Waals surface area contributed by atoms with Gasteiger partial charge in [-0.05, 0) is 42.5 Å². The zero-order valence-corrected chi connectivity index (χ0v) is 22.4. The van der Waals surface area contributed by atoms with Crippen molar-refractivity contribution in [1.29, 1.82) is 0 Å². The van der Waals surface area contributed by atoms with E-state index in [1.165, 1.54) is 11.1 Å². The molecule has 3 heteroatoms. The molecule has 4 aromatic carbocycles. The first-order chi connectivity index (χ1) is 18.1. The van der Waals surface area contributed by atoms with Gasteiger partial charge >= 0.3 is 8.56 Å². The van der Waals surface area contributed by atoms with Crippen LogP contribution in [-0.4, -0.2) is 14.7 Å². The average Bonchev–Trinajstić information content (AvgIpc) is 3.37. The summed E-state index contributed by atoms with van der Waals surface area (Å²) in [5.41, 5.74) is 2.59. The Morgan fingerprint density at radius 1 is 0.784 bits per heavy atom. The van der Waals surface area contributed by atoms with Crippen LogP contribution in [0.5, 0.6) is 5.75 Å². The molecule has 1 aliphatic carbocycles. The first-order valence-electron chi connectivity index (χ1n) is 13.0. The molecule has 37 heavy (non-hydrogen) atoms. The minimum absolute atomic E-state index is 0.0711. The van der Waals surface area contributed by atoms with Crippen molar-refractivity contribution in [2.24, 2.45) is 5.41 Å². The van der Waals surface area contributed by atoms with Gasteiger partial charge in [0.25, 0.3) is 0 Å². The third-order valence-corrected chi connectivity index (χ3v) is 10.7. The number of para-hydroxylation sites is 1.